The zero-order valence-electron chi connectivity index (χ0n) is 17.7. The number of hydrogen-bond donors (Lipinski definition) is 0. The van der Waals surface area contributed by atoms with Crippen LogP contribution in [0.5, 0.6) is 17.2 Å². The van der Waals surface area contributed by atoms with E-state index in [9.17, 15) is 22.8 Å². The Kier molecular flexibility index (Phi) is 7.71. The van der Waals surface area contributed by atoms with Crippen molar-refractivity contribution in [2.75, 3.05) is 6.61 Å². The van der Waals surface area contributed by atoms with Crippen molar-refractivity contribution in [1.29, 1.82) is 0 Å². The number of carbonyl (C=O) groups excluding carboxylic acids is 2. The van der Waals surface area contributed by atoms with Gasteiger partial charge in [0.2, 0.25) is 0 Å². The van der Waals surface area contributed by atoms with Crippen LogP contribution in [0.4, 0.5) is 13.2 Å². The Balaban J connectivity index is 1.55. The summed E-state index contributed by atoms with van der Waals surface area (Å²) in [5.41, 5.74) is -0.542. The molecule has 0 saturated heterocycles. The van der Waals surface area contributed by atoms with Crippen LogP contribution in [0.2, 0.25) is 0 Å². The normalized spacial score (nSPS) is 11.0. The Morgan fingerprint density at radius 2 is 1.12 bits per heavy atom. The molecular formula is C25H21F3O5. The molecule has 172 valence electrons. The molecule has 0 N–H and O–H groups in total. The van der Waals surface area contributed by atoms with E-state index < -0.39 is 23.7 Å². The molecule has 0 radical (unpaired) electrons. The van der Waals surface area contributed by atoms with Crippen molar-refractivity contribution in [3.8, 4) is 17.2 Å². The first-order valence-corrected chi connectivity index (χ1v) is 10.2. The van der Waals surface area contributed by atoms with E-state index >= 15 is 0 Å². The number of esters is 2. The fourth-order valence-electron chi connectivity index (χ4n) is 2.72. The van der Waals surface area contributed by atoms with E-state index in [1.54, 1.807) is 24.3 Å². The summed E-state index contributed by atoms with van der Waals surface area (Å²) in [6.45, 7) is 2.67. The predicted molar refractivity (Wildman–Crippen MR) is 115 cm³/mol. The smallest absolute Gasteiger partial charge is 0.416 e. The maximum Gasteiger partial charge on any atom is 0.416 e. The fourth-order valence-corrected chi connectivity index (χ4v) is 2.72. The van der Waals surface area contributed by atoms with Crippen LogP contribution in [0.3, 0.4) is 0 Å². The molecule has 0 aliphatic carbocycles. The van der Waals surface area contributed by atoms with Crippen molar-refractivity contribution in [3.63, 3.8) is 0 Å². The number of unbranched alkanes of at least 4 members (excludes halogenated alkanes) is 1. The van der Waals surface area contributed by atoms with E-state index in [1.807, 2.05) is 0 Å². The summed E-state index contributed by atoms with van der Waals surface area (Å²) < 4.78 is 53.9. The van der Waals surface area contributed by atoms with Crippen LogP contribution < -0.4 is 14.2 Å². The molecule has 0 atom stereocenters. The Hall–Kier alpha value is -3.81. The standard InChI is InChI=1S/C25H21F3O5/c1-2-3-16-31-20-10-6-18(7-11-20)24(30)33-22-14-12-21(13-15-22)32-23(29)17-4-8-19(9-5-17)25(26,27)28/h4-15H,2-3,16H2,1H3. The number of ether oxygens (including phenoxy) is 3. The Labute approximate surface area is 188 Å². The summed E-state index contributed by atoms with van der Waals surface area (Å²) in [6, 6.07) is 16.0. The van der Waals surface area contributed by atoms with Crippen LogP contribution in [-0.4, -0.2) is 18.5 Å². The lowest BCUT2D eigenvalue weighted by Gasteiger charge is -2.09. The van der Waals surface area contributed by atoms with Crippen LogP contribution >= 0.6 is 0 Å². The maximum atomic E-state index is 12.6. The molecule has 0 spiro atoms. The van der Waals surface area contributed by atoms with Gasteiger partial charge < -0.3 is 14.2 Å². The molecule has 3 aromatic rings. The molecule has 3 rings (SSSR count). The van der Waals surface area contributed by atoms with E-state index in [0.717, 1.165) is 37.1 Å². The highest BCUT2D eigenvalue weighted by molar-refractivity contribution is 5.92. The van der Waals surface area contributed by atoms with Crippen molar-refractivity contribution in [2.45, 2.75) is 25.9 Å². The molecule has 5 nitrogen and oxygen atoms in total. The first kappa shape index (κ1) is 23.8. The van der Waals surface area contributed by atoms with Crippen molar-refractivity contribution >= 4 is 11.9 Å². The van der Waals surface area contributed by atoms with E-state index in [2.05, 4.69) is 6.92 Å². The van der Waals surface area contributed by atoms with Crippen molar-refractivity contribution in [1.82, 2.24) is 0 Å². The number of hydrogen-bond acceptors (Lipinski definition) is 5. The molecule has 0 fully saturated rings. The largest absolute Gasteiger partial charge is 0.494 e. The first-order valence-electron chi connectivity index (χ1n) is 10.2. The molecule has 0 heterocycles. The van der Waals surface area contributed by atoms with Gasteiger partial charge in [-0.05, 0) is 79.2 Å². The van der Waals surface area contributed by atoms with Gasteiger partial charge in [-0.25, -0.2) is 9.59 Å². The number of carbonyl (C=O) groups is 2. The predicted octanol–water partition coefficient (Wildman–Crippen LogP) is 6.32. The minimum absolute atomic E-state index is 0.0272. The average Bonchev–Trinajstić information content (AvgIpc) is 2.80. The molecule has 0 unspecified atom stereocenters. The topological polar surface area (TPSA) is 61.8 Å². The molecule has 0 aromatic heterocycles. The second-order valence-electron chi connectivity index (χ2n) is 7.05. The van der Waals surface area contributed by atoms with Crippen LogP contribution in [0, 0.1) is 0 Å². The third-order valence-corrected chi connectivity index (χ3v) is 4.55. The number of alkyl halides is 3. The van der Waals surface area contributed by atoms with Crippen LogP contribution in [0.1, 0.15) is 46.0 Å². The third-order valence-electron chi connectivity index (χ3n) is 4.55. The third kappa shape index (κ3) is 6.83. The quantitative estimate of drug-likeness (QED) is 0.225. The van der Waals surface area contributed by atoms with E-state index in [1.165, 1.54) is 24.3 Å². The molecule has 0 saturated carbocycles. The maximum absolute atomic E-state index is 12.6. The average molecular weight is 458 g/mol. The monoisotopic (exact) mass is 458 g/mol. The summed E-state index contributed by atoms with van der Waals surface area (Å²) in [5.74, 6) is -0.329. The summed E-state index contributed by atoms with van der Waals surface area (Å²) >= 11 is 0. The second-order valence-corrected chi connectivity index (χ2v) is 7.05. The van der Waals surface area contributed by atoms with Gasteiger partial charge in [0, 0.05) is 0 Å². The van der Waals surface area contributed by atoms with E-state index in [-0.39, 0.29) is 17.1 Å². The minimum atomic E-state index is -4.49. The highest BCUT2D eigenvalue weighted by atomic mass is 19.4. The summed E-state index contributed by atoms with van der Waals surface area (Å²) in [6.07, 6.45) is -2.52. The van der Waals surface area contributed by atoms with Crippen LogP contribution in [0.25, 0.3) is 0 Å². The fraction of sp³-hybridized carbons (Fsp3) is 0.200. The van der Waals surface area contributed by atoms with Crippen molar-refractivity contribution < 1.29 is 37.0 Å². The molecule has 3 aromatic carbocycles. The zero-order chi connectivity index (χ0) is 23.8. The minimum Gasteiger partial charge on any atom is -0.494 e. The zero-order valence-corrected chi connectivity index (χ0v) is 17.7. The van der Waals surface area contributed by atoms with Gasteiger partial charge in [0.25, 0.3) is 0 Å². The van der Waals surface area contributed by atoms with Gasteiger partial charge in [-0.2, -0.15) is 13.2 Å². The van der Waals surface area contributed by atoms with Gasteiger partial charge in [0.15, 0.2) is 0 Å². The highest BCUT2D eigenvalue weighted by Crippen LogP contribution is 2.29. The summed E-state index contributed by atoms with van der Waals surface area (Å²) in [5, 5.41) is 0. The Bertz CT molecular complexity index is 1070. The van der Waals surface area contributed by atoms with Gasteiger partial charge in [-0.1, -0.05) is 13.3 Å². The van der Waals surface area contributed by atoms with E-state index in [4.69, 9.17) is 14.2 Å². The van der Waals surface area contributed by atoms with Crippen LogP contribution in [0.15, 0.2) is 72.8 Å². The molecule has 33 heavy (non-hydrogen) atoms. The number of halogens is 3. The Morgan fingerprint density at radius 3 is 1.55 bits per heavy atom. The van der Waals surface area contributed by atoms with Gasteiger partial charge >= 0.3 is 18.1 Å². The number of benzene rings is 3. The van der Waals surface area contributed by atoms with Crippen LogP contribution in [-0.2, 0) is 6.18 Å². The van der Waals surface area contributed by atoms with Crippen molar-refractivity contribution in [2.24, 2.45) is 0 Å². The highest BCUT2D eigenvalue weighted by Gasteiger charge is 2.30. The summed E-state index contributed by atoms with van der Waals surface area (Å²) in [7, 11) is 0. The molecular weight excluding hydrogens is 437 g/mol. The Morgan fingerprint density at radius 1 is 0.697 bits per heavy atom. The SMILES string of the molecule is CCCCOc1ccc(C(=O)Oc2ccc(OC(=O)c3ccc(C(F)(F)F)cc3)cc2)cc1. The summed E-state index contributed by atoms with van der Waals surface area (Å²) in [4.78, 5) is 24.4. The van der Waals surface area contributed by atoms with Gasteiger partial charge in [-0.15, -0.1) is 0 Å². The van der Waals surface area contributed by atoms with Crippen molar-refractivity contribution in [3.05, 3.63) is 89.5 Å². The molecule has 0 aliphatic rings. The molecule has 8 heteroatoms. The van der Waals surface area contributed by atoms with Gasteiger partial charge in [0.05, 0.1) is 23.3 Å². The lowest BCUT2D eigenvalue weighted by atomic mass is 10.1. The second kappa shape index (κ2) is 10.7. The van der Waals surface area contributed by atoms with E-state index in [0.29, 0.717) is 17.9 Å². The lowest BCUT2D eigenvalue weighted by molar-refractivity contribution is -0.137. The molecule has 0 aliphatic heterocycles. The molecule has 0 bridgehead atoms. The number of rotatable bonds is 8. The molecule has 0 amide bonds. The first-order chi connectivity index (χ1) is 15.8. The van der Waals surface area contributed by atoms with Gasteiger partial charge in [0.1, 0.15) is 17.2 Å². The van der Waals surface area contributed by atoms with Gasteiger partial charge in [-0.3, -0.25) is 0 Å². The lowest BCUT2D eigenvalue weighted by Crippen LogP contribution is -2.10.